The predicted molar refractivity (Wildman–Crippen MR) is 55.9 cm³/mol. The zero-order valence-electron chi connectivity index (χ0n) is 9.03. The lowest BCUT2D eigenvalue weighted by Gasteiger charge is -2.11. The lowest BCUT2D eigenvalue weighted by molar-refractivity contribution is -0.138. The van der Waals surface area contributed by atoms with Crippen molar-refractivity contribution in [3.05, 3.63) is 36.4 Å². The molecule has 0 aromatic carbocycles. The number of hydrogen-bond donors (Lipinski definition) is 1. The first-order chi connectivity index (χ1) is 7.61. The molecule has 0 radical (unpaired) electrons. The highest BCUT2D eigenvalue weighted by atomic mass is 16.4. The standard InChI is InChI=1S/C10H12N4O2/c1-13-5-3-11-8(13)7(10(15)16)9-12-4-6-14(9)2/h3-7H,1-2H3,(H,15,16). The molecule has 0 saturated carbocycles. The third-order valence-electron chi connectivity index (χ3n) is 2.48. The Morgan fingerprint density at radius 1 is 1.19 bits per heavy atom. The lowest BCUT2D eigenvalue weighted by atomic mass is 10.1. The van der Waals surface area contributed by atoms with Gasteiger partial charge in [0.2, 0.25) is 0 Å². The fraction of sp³-hybridized carbons (Fsp3) is 0.300. The molecule has 0 fully saturated rings. The van der Waals surface area contributed by atoms with Gasteiger partial charge in [-0.05, 0) is 0 Å². The Morgan fingerprint density at radius 2 is 1.62 bits per heavy atom. The SMILES string of the molecule is Cn1ccnc1C(C(=O)O)c1nccn1C. The molecular formula is C10H12N4O2. The Morgan fingerprint density at radius 3 is 1.88 bits per heavy atom. The summed E-state index contributed by atoms with van der Waals surface area (Å²) in [6.07, 6.45) is 6.59. The quantitative estimate of drug-likeness (QED) is 0.811. The second kappa shape index (κ2) is 3.80. The maximum atomic E-state index is 11.3. The van der Waals surface area contributed by atoms with Gasteiger partial charge in [-0.1, -0.05) is 0 Å². The van der Waals surface area contributed by atoms with Crippen molar-refractivity contribution in [2.24, 2.45) is 14.1 Å². The van der Waals surface area contributed by atoms with Gasteiger partial charge in [-0.25, -0.2) is 9.97 Å². The van der Waals surface area contributed by atoms with Crippen LogP contribution in [0.1, 0.15) is 17.6 Å². The van der Waals surface area contributed by atoms with E-state index in [1.807, 2.05) is 0 Å². The van der Waals surface area contributed by atoms with Crippen LogP contribution in [0, 0.1) is 0 Å². The van der Waals surface area contributed by atoms with Crippen molar-refractivity contribution in [3.8, 4) is 0 Å². The summed E-state index contributed by atoms with van der Waals surface area (Å²) in [7, 11) is 3.53. The summed E-state index contributed by atoms with van der Waals surface area (Å²) in [6.45, 7) is 0. The van der Waals surface area contributed by atoms with E-state index in [0.29, 0.717) is 11.6 Å². The van der Waals surface area contributed by atoms with Crippen molar-refractivity contribution in [2.45, 2.75) is 5.92 Å². The molecule has 1 N–H and O–H groups in total. The number of imidazole rings is 2. The molecule has 0 atom stereocenters. The van der Waals surface area contributed by atoms with Crippen molar-refractivity contribution >= 4 is 5.97 Å². The minimum Gasteiger partial charge on any atom is -0.480 e. The van der Waals surface area contributed by atoms with Crippen LogP contribution in [0.2, 0.25) is 0 Å². The molecule has 0 spiro atoms. The smallest absolute Gasteiger partial charge is 0.321 e. The maximum absolute atomic E-state index is 11.3. The lowest BCUT2D eigenvalue weighted by Crippen LogP contribution is -2.20. The van der Waals surface area contributed by atoms with Crippen molar-refractivity contribution in [3.63, 3.8) is 0 Å². The van der Waals surface area contributed by atoms with Gasteiger partial charge in [0.25, 0.3) is 0 Å². The average Bonchev–Trinajstić information content (AvgIpc) is 2.79. The van der Waals surface area contributed by atoms with E-state index in [9.17, 15) is 9.90 Å². The molecule has 2 heterocycles. The highest BCUT2D eigenvalue weighted by Crippen LogP contribution is 2.21. The molecule has 16 heavy (non-hydrogen) atoms. The largest absolute Gasteiger partial charge is 0.480 e. The monoisotopic (exact) mass is 220 g/mol. The Balaban J connectivity index is 2.52. The first-order valence-electron chi connectivity index (χ1n) is 4.78. The van der Waals surface area contributed by atoms with Crippen LogP contribution < -0.4 is 0 Å². The molecule has 0 aliphatic rings. The van der Waals surface area contributed by atoms with Gasteiger partial charge in [0, 0.05) is 38.9 Å². The number of aryl methyl sites for hydroxylation is 2. The van der Waals surface area contributed by atoms with Crippen molar-refractivity contribution in [1.29, 1.82) is 0 Å². The van der Waals surface area contributed by atoms with E-state index in [1.54, 1.807) is 48.0 Å². The van der Waals surface area contributed by atoms with Crippen LogP contribution in [0.5, 0.6) is 0 Å². The molecule has 0 amide bonds. The summed E-state index contributed by atoms with van der Waals surface area (Å²) in [5, 5.41) is 9.26. The van der Waals surface area contributed by atoms with E-state index in [-0.39, 0.29) is 0 Å². The van der Waals surface area contributed by atoms with Gasteiger partial charge in [0.1, 0.15) is 11.6 Å². The fourth-order valence-electron chi connectivity index (χ4n) is 1.65. The number of carboxylic acid groups (broad SMARTS) is 1. The van der Waals surface area contributed by atoms with E-state index in [1.165, 1.54) is 0 Å². The zero-order valence-corrected chi connectivity index (χ0v) is 9.03. The van der Waals surface area contributed by atoms with Crippen molar-refractivity contribution in [1.82, 2.24) is 19.1 Å². The Kier molecular flexibility index (Phi) is 2.47. The molecule has 0 aliphatic heterocycles. The molecule has 0 unspecified atom stereocenters. The van der Waals surface area contributed by atoms with E-state index >= 15 is 0 Å². The highest BCUT2D eigenvalue weighted by molar-refractivity contribution is 5.78. The van der Waals surface area contributed by atoms with Gasteiger partial charge in [0.05, 0.1) is 0 Å². The number of hydrogen-bond acceptors (Lipinski definition) is 3. The first-order valence-corrected chi connectivity index (χ1v) is 4.78. The minimum atomic E-state index is -0.955. The van der Waals surface area contributed by atoms with Crippen LogP contribution in [-0.4, -0.2) is 30.2 Å². The molecule has 2 aromatic heterocycles. The van der Waals surface area contributed by atoms with E-state index in [4.69, 9.17) is 0 Å². The molecule has 2 rings (SSSR count). The normalized spacial score (nSPS) is 10.9. The number of aliphatic carboxylic acids is 1. The fourth-order valence-corrected chi connectivity index (χ4v) is 1.65. The van der Waals surface area contributed by atoms with Crippen LogP contribution in [0.15, 0.2) is 24.8 Å². The molecule has 6 heteroatoms. The van der Waals surface area contributed by atoms with Crippen LogP contribution >= 0.6 is 0 Å². The first kappa shape index (κ1) is 10.4. The van der Waals surface area contributed by atoms with Crippen molar-refractivity contribution < 1.29 is 9.90 Å². The van der Waals surface area contributed by atoms with Gasteiger partial charge in [-0.3, -0.25) is 4.79 Å². The number of aromatic nitrogens is 4. The molecule has 0 bridgehead atoms. The number of rotatable bonds is 3. The second-order valence-corrected chi connectivity index (χ2v) is 3.56. The number of carbonyl (C=O) groups is 1. The van der Waals surface area contributed by atoms with Crippen molar-refractivity contribution in [2.75, 3.05) is 0 Å². The molecule has 2 aromatic rings. The summed E-state index contributed by atoms with van der Waals surface area (Å²) in [4.78, 5) is 19.4. The van der Waals surface area contributed by atoms with Gasteiger partial charge >= 0.3 is 5.97 Å². The zero-order chi connectivity index (χ0) is 11.7. The summed E-state index contributed by atoms with van der Waals surface area (Å²) in [6, 6.07) is 0. The van der Waals surface area contributed by atoms with Crippen LogP contribution in [0.4, 0.5) is 0 Å². The Labute approximate surface area is 92.2 Å². The molecule has 0 aliphatic carbocycles. The number of carboxylic acids is 1. The summed E-state index contributed by atoms with van der Waals surface area (Å²) in [5.74, 6) is -0.841. The van der Waals surface area contributed by atoms with Gasteiger partial charge in [-0.2, -0.15) is 0 Å². The minimum absolute atomic E-state index is 0.474. The molecule has 6 nitrogen and oxygen atoms in total. The third-order valence-corrected chi connectivity index (χ3v) is 2.48. The average molecular weight is 220 g/mol. The summed E-state index contributed by atoms with van der Waals surface area (Å²) in [5.41, 5.74) is 0. The van der Waals surface area contributed by atoms with E-state index in [2.05, 4.69) is 9.97 Å². The van der Waals surface area contributed by atoms with Crippen LogP contribution in [0.25, 0.3) is 0 Å². The molecule has 84 valence electrons. The third kappa shape index (κ3) is 1.58. The Hall–Kier alpha value is -2.11. The topological polar surface area (TPSA) is 72.9 Å². The van der Waals surface area contributed by atoms with E-state index < -0.39 is 11.9 Å². The predicted octanol–water partition coefficient (Wildman–Crippen LogP) is 0.370. The van der Waals surface area contributed by atoms with Crippen LogP contribution in [0.3, 0.4) is 0 Å². The van der Waals surface area contributed by atoms with E-state index in [0.717, 1.165) is 0 Å². The van der Waals surface area contributed by atoms with Crippen LogP contribution in [-0.2, 0) is 18.9 Å². The highest BCUT2D eigenvalue weighted by Gasteiger charge is 2.29. The second-order valence-electron chi connectivity index (χ2n) is 3.56. The van der Waals surface area contributed by atoms with Gasteiger partial charge in [0.15, 0.2) is 5.92 Å². The van der Waals surface area contributed by atoms with Gasteiger partial charge in [-0.15, -0.1) is 0 Å². The summed E-state index contributed by atoms with van der Waals surface area (Å²) >= 11 is 0. The molecule has 0 saturated heterocycles. The maximum Gasteiger partial charge on any atom is 0.321 e. The molecular weight excluding hydrogens is 208 g/mol. The Bertz CT molecular complexity index is 474. The van der Waals surface area contributed by atoms with Gasteiger partial charge < -0.3 is 14.2 Å². The summed E-state index contributed by atoms with van der Waals surface area (Å²) < 4.78 is 3.38. The number of nitrogens with zero attached hydrogens (tertiary/aromatic N) is 4.